The molecule has 1 aromatic carbocycles. The topological polar surface area (TPSA) is 89.4 Å². The van der Waals surface area contributed by atoms with E-state index < -0.39 is 4.92 Å². The Hall–Kier alpha value is -1.62. The van der Waals surface area contributed by atoms with E-state index >= 15 is 0 Å². The molecule has 0 atom stereocenters. The van der Waals surface area contributed by atoms with Gasteiger partial charge in [-0.2, -0.15) is 0 Å². The SMILES string of the molecule is NCCCCc1ccc([N+](=O)[O-])c(O)c1. The zero-order chi connectivity index (χ0) is 11.3. The third-order valence-corrected chi connectivity index (χ3v) is 2.16. The maximum absolute atomic E-state index is 10.4. The first kappa shape index (κ1) is 11.5. The number of nitrogens with zero attached hydrogens (tertiary/aromatic N) is 1. The van der Waals surface area contributed by atoms with Gasteiger partial charge in [0.2, 0.25) is 0 Å². The molecule has 0 amide bonds. The van der Waals surface area contributed by atoms with Crippen LogP contribution >= 0.6 is 0 Å². The lowest BCUT2D eigenvalue weighted by molar-refractivity contribution is -0.385. The molecule has 0 aromatic heterocycles. The minimum atomic E-state index is -0.598. The lowest BCUT2D eigenvalue weighted by atomic mass is 10.1. The van der Waals surface area contributed by atoms with Gasteiger partial charge >= 0.3 is 5.69 Å². The van der Waals surface area contributed by atoms with E-state index in [4.69, 9.17) is 5.73 Å². The van der Waals surface area contributed by atoms with Gasteiger partial charge in [-0.1, -0.05) is 6.07 Å². The van der Waals surface area contributed by atoms with Crippen molar-refractivity contribution < 1.29 is 10.0 Å². The fraction of sp³-hybridized carbons (Fsp3) is 0.400. The molecule has 0 saturated heterocycles. The fourth-order valence-electron chi connectivity index (χ4n) is 1.35. The minimum Gasteiger partial charge on any atom is -0.502 e. The van der Waals surface area contributed by atoms with Crippen molar-refractivity contribution in [3.05, 3.63) is 33.9 Å². The molecule has 5 nitrogen and oxygen atoms in total. The number of nitrogens with two attached hydrogens (primary N) is 1. The number of rotatable bonds is 5. The van der Waals surface area contributed by atoms with Crippen LogP contribution in [0.2, 0.25) is 0 Å². The molecule has 0 spiro atoms. The summed E-state index contributed by atoms with van der Waals surface area (Å²) in [7, 11) is 0. The Labute approximate surface area is 87.7 Å². The highest BCUT2D eigenvalue weighted by atomic mass is 16.6. The molecular formula is C10H14N2O3. The van der Waals surface area contributed by atoms with Crippen molar-refractivity contribution in [3.8, 4) is 5.75 Å². The second-order valence-electron chi connectivity index (χ2n) is 3.33. The predicted molar refractivity (Wildman–Crippen MR) is 56.8 cm³/mol. The van der Waals surface area contributed by atoms with Crippen LogP contribution in [0.3, 0.4) is 0 Å². The first-order valence-corrected chi connectivity index (χ1v) is 4.81. The molecule has 0 radical (unpaired) electrons. The van der Waals surface area contributed by atoms with Gasteiger partial charge in [-0.3, -0.25) is 10.1 Å². The number of phenols is 1. The third kappa shape index (κ3) is 3.21. The normalized spacial score (nSPS) is 10.2. The Bertz CT molecular complexity index is 353. The summed E-state index contributed by atoms with van der Waals surface area (Å²) in [5.74, 6) is -0.273. The van der Waals surface area contributed by atoms with Crippen LogP contribution in [0.4, 0.5) is 5.69 Å². The van der Waals surface area contributed by atoms with Crippen molar-refractivity contribution in [2.24, 2.45) is 5.73 Å². The lowest BCUT2D eigenvalue weighted by Crippen LogP contribution is -1.99. The van der Waals surface area contributed by atoms with Crippen LogP contribution in [0.25, 0.3) is 0 Å². The van der Waals surface area contributed by atoms with E-state index in [-0.39, 0.29) is 11.4 Å². The molecular weight excluding hydrogens is 196 g/mol. The van der Waals surface area contributed by atoms with Gasteiger partial charge in [-0.25, -0.2) is 0 Å². The molecule has 1 aromatic rings. The van der Waals surface area contributed by atoms with E-state index in [0.717, 1.165) is 24.8 Å². The van der Waals surface area contributed by atoms with Crippen molar-refractivity contribution in [2.45, 2.75) is 19.3 Å². The zero-order valence-corrected chi connectivity index (χ0v) is 8.35. The van der Waals surface area contributed by atoms with Gasteiger partial charge in [0.1, 0.15) is 0 Å². The molecule has 5 heteroatoms. The maximum Gasteiger partial charge on any atom is 0.310 e. The summed E-state index contributed by atoms with van der Waals surface area (Å²) in [6.45, 7) is 0.638. The van der Waals surface area contributed by atoms with E-state index in [1.54, 1.807) is 6.07 Å². The molecule has 0 heterocycles. The number of nitro benzene ring substituents is 1. The zero-order valence-electron chi connectivity index (χ0n) is 8.35. The first-order chi connectivity index (χ1) is 7.15. The average molecular weight is 210 g/mol. The van der Waals surface area contributed by atoms with Gasteiger partial charge in [-0.05, 0) is 37.4 Å². The van der Waals surface area contributed by atoms with E-state index in [1.807, 2.05) is 0 Å². The van der Waals surface area contributed by atoms with Crippen LogP contribution in [0.1, 0.15) is 18.4 Å². The van der Waals surface area contributed by atoms with Crippen molar-refractivity contribution in [3.63, 3.8) is 0 Å². The van der Waals surface area contributed by atoms with Crippen molar-refractivity contribution in [1.29, 1.82) is 0 Å². The second-order valence-corrected chi connectivity index (χ2v) is 3.33. The van der Waals surface area contributed by atoms with Crippen LogP contribution in [0, 0.1) is 10.1 Å². The van der Waals surface area contributed by atoms with Gasteiger partial charge in [0.25, 0.3) is 0 Å². The van der Waals surface area contributed by atoms with Crippen molar-refractivity contribution in [2.75, 3.05) is 6.54 Å². The number of benzene rings is 1. The molecule has 0 aliphatic carbocycles. The van der Waals surface area contributed by atoms with E-state index in [2.05, 4.69) is 0 Å². The molecule has 15 heavy (non-hydrogen) atoms. The molecule has 82 valence electrons. The van der Waals surface area contributed by atoms with Gasteiger partial charge in [-0.15, -0.1) is 0 Å². The highest BCUT2D eigenvalue weighted by Crippen LogP contribution is 2.26. The van der Waals surface area contributed by atoms with E-state index in [1.165, 1.54) is 12.1 Å². The van der Waals surface area contributed by atoms with E-state index in [9.17, 15) is 15.2 Å². The number of aryl methyl sites for hydroxylation is 1. The van der Waals surface area contributed by atoms with Gasteiger partial charge in [0.15, 0.2) is 5.75 Å². The molecule has 1 rings (SSSR count). The number of aromatic hydroxyl groups is 1. The Kier molecular flexibility index (Phi) is 4.05. The average Bonchev–Trinajstić information content (AvgIpc) is 2.17. The van der Waals surface area contributed by atoms with Crippen LogP contribution in [-0.2, 0) is 6.42 Å². The number of hydrogen-bond donors (Lipinski definition) is 2. The Morgan fingerprint density at radius 3 is 2.67 bits per heavy atom. The summed E-state index contributed by atoms with van der Waals surface area (Å²) in [5, 5.41) is 19.8. The summed E-state index contributed by atoms with van der Waals surface area (Å²) in [6, 6.07) is 4.43. The smallest absolute Gasteiger partial charge is 0.310 e. The van der Waals surface area contributed by atoms with Gasteiger partial charge in [0, 0.05) is 6.07 Å². The molecule has 0 aliphatic rings. The summed E-state index contributed by atoms with van der Waals surface area (Å²) in [5.41, 5.74) is 5.99. The number of hydrogen-bond acceptors (Lipinski definition) is 4. The van der Waals surface area contributed by atoms with Gasteiger partial charge < -0.3 is 10.8 Å². The third-order valence-electron chi connectivity index (χ3n) is 2.16. The Morgan fingerprint density at radius 1 is 1.40 bits per heavy atom. The van der Waals surface area contributed by atoms with Crippen molar-refractivity contribution >= 4 is 5.69 Å². The number of unbranched alkanes of at least 4 members (excludes halogenated alkanes) is 1. The highest BCUT2D eigenvalue weighted by Gasteiger charge is 2.12. The lowest BCUT2D eigenvalue weighted by Gasteiger charge is -2.01. The summed E-state index contributed by atoms with van der Waals surface area (Å²) >= 11 is 0. The number of nitro groups is 1. The number of phenolic OH excluding ortho intramolecular Hbond substituents is 1. The second kappa shape index (κ2) is 5.31. The maximum atomic E-state index is 10.4. The molecule has 0 bridgehead atoms. The van der Waals surface area contributed by atoms with Crippen molar-refractivity contribution in [1.82, 2.24) is 0 Å². The molecule has 0 aliphatic heterocycles. The molecule has 0 fully saturated rings. The summed E-state index contributed by atoms with van der Waals surface area (Å²) < 4.78 is 0. The van der Waals surface area contributed by atoms with E-state index in [0.29, 0.717) is 6.54 Å². The largest absolute Gasteiger partial charge is 0.502 e. The molecule has 3 N–H and O–H groups in total. The Morgan fingerprint density at radius 2 is 2.13 bits per heavy atom. The monoisotopic (exact) mass is 210 g/mol. The summed E-state index contributed by atoms with van der Waals surface area (Å²) in [6.07, 6.45) is 2.62. The van der Waals surface area contributed by atoms with Crippen LogP contribution in [0.15, 0.2) is 18.2 Å². The Balaban J connectivity index is 2.69. The van der Waals surface area contributed by atoms with Crippen LogP contribution in [0.5, 0.6) is 5.75 Å². The summed E-state index contributed by atoms with van der Waals surface area (Å²) in [4.78, 5) is 9.82. The molecule has 0 saturated carbocycles. The first-order valence-electron chi connectivity index (χ1n) is 4.81. The van der Waals surface area contributed by atoms with Crippen LogP contribution in [-0.4, -0.2) is 16.6 Å². The fourth-order valence-corrected chi connectivity index (χ4v) is 1.35. The van der Waals surface area contributed by atoms with Crippen LogP contribution < -0.4 is 5.73 Å². The highest BCUT2D eigenvalue weighted by molar-refractivity contribution is 5.47. The van der Waals surface area contributed by atoms with Gasteiger partial charge in [0.05, 0.1) is 4.92 Å². The predicted octanol–water partition coefficient (Wildman–Crippen LogP) is 1.58. The quantitative estimate of drug-likeness (QED) is 0.438. The molecule has 0 unspecified atom stereocenters. The standard InChI is InChI=1S/C10H14N2O3/c11-6-2-1-3-8-4-5-9(12(14)15)10(13)7-8/h4-5,7,13H,1-3,6,11H2. The minimum absolute atomic E-state index is 0.252.